The summed E-state index contributed by atoms with van der Waals surface area (Å²) < 4.78 is 11.9. The van der Waals surface area contributed by atoms with Crippen LogP contribution in [0.5, 0.6) is 11.5 Å². The zero-order chi connectivity index (χ0) is 18.4. The number of Topliss-reactive ketones (excluding diaryl/α,β-unsaturated/α-hetero) is 1. The lowest BCUT2D eigenvalue weighted by Crippen LogP contribution is -2.76. The predicted molar refractivity (Wildman–Crippen MR) is 103 cm³/mol. The molecular formula is C21H26ClNO5. The van der Waals surface area contributed by atoms with Gasteiger partial charge in [-0.05, 0) is 50.3 Å². The van der Waals surface area contributed by atoms with E-state index in [-0.39, 0.29) is 36.1 Å². The molecule has 2 aliphatic carbocycles. The van der Waals surface area contributed by atoms with Crippen LogP contribution in [0.4, 0.5) is 0 Å². The highest BCUT2D eigenvalue weighted by Gasteiger charge is 2.73. The summed E-state index contributed by atoms with van der Waals surface area (Å²) >= 11 is 0. The maximum absolute atomic E-state index is 12.8. The molecule has 5 aliphatic rings. The van der Waals surface area contributed by atoms with Crippen molar-refractivity contribution in [1.82, 2.24) is 4.90 Å². The lowest BCUT2D eigenvalue weighted by Gasteiger charge is -2.62. The van der Waals surface area contributed by atoms with Gasteiger partial charge in [0, 0.05) is 31.2 Å². The molecular weight excluding hydrogens is 382 g/mol. The summed E-state index contributed by atoms with van der Waals surface area (Å²) in [5.74, 6) is 0.555. The third-order valence-corrected chi connectivity index (χ3v) is 7.83. The van der Waals surface area contributed by atoms with Crippen LogP contribution in [0.1, 0.15) is 43.2 Å². The van der Waals surface area contributed by atoms with Crippen molar-refractivity contribution >= 4 is 18.2 Å². The van der Waals surface area contributed by atoms with Crippen molar-refractivity contribution in [2.24, 2.45) is 0 Å². The van der Waals surface area contributed by atoms with Gasteiger partial charge in [-0.2, -0.15) is 0 Å². The lowest BCUT2D eigenvalue weighted by atomic mass is 9.49. The van der Waals surface area contributed by atoms with Gasteiger partial charge in [0.1, 0.15) is 0 Å². The number of aliphatic hydroxyl groups is 1. The second kappa shape index (κ2) is 6.08. The number of phenolic OH excluding ortho intramolecular Hbond substituents is 1. The third-order valence-electron chi connectivity index (χ3n) is 7.83. The summed E-state index contributed by atoms with van der Waals surface area (Å²) in [6.45, 7) is 2.48. The summed E-state index contributed by atoms with van der Waals surface area (Å²) in [6.07, 6.45) is 3.93. The van der Waals surface area contributed by atoms with Crippen molar-refractivity contribution in [2.45, 2.75) is 67.8 Å². The Bertz CT molecular complexity index is 840. The number of piperidine rings is 1. The second-order valence-corrected chi connectivity index (χ2v) is 8.91. The summed E-state index contributed by atoms with van der Waals surface area (Å²) in [5, 5.41) is 22.4. The summed E-state index contributed by atoms with van der Waals surface area (Å²) in [7, 11) is 0. The van der Waals surface area contributed by atoms with Crippen LogP contribution in [-0.2, 0) is 21.4 Å². The number of carbonyl (C=O) groups is 1. The normalized spacial score (nSPS) is 40.6. The first kappa shape index (κ1) is 18.7. The number of ketones is 1. The smallest absolute Gasteiger partial charge is 0.174 e. The zero-order valence-electron chi connectivity index (χ0n) is 15.7. The number of carbonyl (C=O) groups excluding carboxylic acids is 1. The topological polar surface area (TPSA) is 79.2 Å². The first-order valence-electron chi connectivity index (χ1n) is 10.2. The number of halogens is 1. The van der Waals surface area contributed by atoms with E-state index in [1.54, 1.807) is 6.07 Å². The van der Waals surface area contributed by atoms with Gasteiger partial charge in [-0.1, -0.05) is 6.07 Å². The minimum atomic E-state index is -1.01. The molecule has 0 aromatic heterocycles. The van der Waals surface area contributed by atoms with Crippen LogP contribution >= 0.6 is 12.4 Å². The second-order valence-electron chi connectivity index (χ2n) is 8.91. The predicted octanol–water partition coefficient (Wildman–Crippen LogP) is 1.72. The molecule has 5 atom stereocenters. The van der Waals surface area contributed by atoms with Gasteiger partial charge in [0.05, 0.1) is 17.1 Å². The van der Waals surface area contributed by atoms with E-state index in [2.05, 4.69) is 4.90 Å². The Morgan fingerprint density at radius 1 is 1.29 bits per heavy atom. The largest absolute Gasteiger partial charge is 0.504 e. The van der Waals surface area contributed by atoms with Crippen LogP contribution in [0.3, 0.4) is 0 Å². The molecule has 6 rings (SSSR count). The van der Waals surface area contributed by atoms with Crippen LogP contribution in [-0.4, -0.2) is 64.4 Å². The molecule has 0 radical (unpaired) electrons. The molecule has 0 unspecified atom stereocenters. The van der Waals surface area contributed by atoms with E-state index in [0.29, 0.717) is 25.0 Å². The average Bonchev–Trinajstić information content (AvgIpc) is 3.27. The van der Waals surface area contributed by atoms with Gasteiger partial charge in [-0.15, -0.1) is 12.4 Å². The molecule has 1 saturated carbocycles. The Morgan fingerprint density at radius 3 is 2.93 bits per heavy atom. The maximum Gasteiger partial charge on any atom is 0.174 e. The van der Waals surface area contributed by atoms with Gasteiger partial charge in [0.15, 0.2) is 23.4 Å². The van der Waals surface area contributed by atoms with Crippen LogP contribution in [0, 0.1) is 0 Å². The van der Waals surface area contributed by atoms with Crippen molar-refractivity contribution < 1.29 is 24.5 Å². The van der Waals surface area contributed by atoms with Gasteiger partial charge in [-0.25, -0.2) is 0 Å². The van der Waals surface area contributed by atoms with Gasteiger partial charge < -0.3 is 19.7 Å². The number of rotatable bonds is 2. The lowest BCUT2D eigenvalue weighted by molar-refractivity contribution is -0.191. The SMILES string of the molecule is Cl.O=C1CC[C@@]2(O)[C@H]3Cc4ccc(O)c5c4[C@@]2(CCN3C[C@H]2CCCO2)[C@H]1O5. The van der Waals surface area contributed by atoms with Gasteiger partial charge >= 0.3 is 0 Å². The molecule has 1 spiro atoms. The van der Waals surface area contributed by atoms with Crippen LogP contribution in [0.15, 0.2) is 12.1 Å². The average molecular weight is 408 g/mol. The van der Waals surface area contributed by atoms with E-state index in [9.17, 15) is 15.0 Å². The van der Waals surface area contributed by atoms with E-state index in [1.807, 2.05) is 6.07 Å². The number of nitrogens with zero attached hydrogens (tertiary/aromatic N) is 1. The molecule has 7 heteroatoms. The highest BCUT2D eigenvalue weighted by atomic mass is 35.5. The molecule has 152 valence electrons. The Morgan fingerprint density at radius 2 is 2.14 bits per heavy atom. The Hall–Kier alpha value is -1.34. The molecule has 1 aromatic rings. The summed E-state index contributed by atoms with van der Waals surface area (Å²) in [4.78, 5) is 15.2. The molecule has 3 aliphatic heterocycles. The fraction of sp³-hybridized carbons (Fsp3) is 0.667. The van der Waals surface area contributed by atoms with Crippen molar-refractivity contribution in [3.8, 4) is 11.5 Å². The summed E-state index contributed by atoms with van der Waals surface area (Å²) in [5.41, 5.74) is 0.277. The number of ether oxygens (including phenoxy) is 2. The highest BCUT2D eigenvalue weighted by Crippen LogP contribution is 2.64. The third kappa shape index (κ3) is 2.07. The molecule has 2 saturated heterocycles. The van der Waals surface area contributed by atoms with Crippen LogP contribution in [0.2, 0.25) is 0 Å². The van der Waals surface area contributed by atoms with Crippen LogP contribution in [0.25, 0.3) is 0 Å². The fourth-order valence-corrected chi connectivity index (χ4v) is 6.68. The van der Waals surface area contributed by atoms with E-state index >= 15 is 0 Å². The standard InChI is InChI=1S/C21H25NO5.ClH/c23-14-4-3-12-10-16-21(25)6-5-15(24)19-20(21,17(12)18(14)27-19)7-8-22(16)11-13-2-1-9-26-13;/h3-4,13,16,19,23,25H,1-2,5-11H2;1H/t13-,16-,19+,20+,21-;/m1./s1. The van der Waals surface area contributed by atoms with Crippen molar-refractivity contribution in [3.63, 3.8) is 0 Å². The number of hydrogen-bond acceptors (Lipinski definition) is 6. The van der Waals surface area contributed by atoms with Crippen molar-refractivity contribution in [2.75, 3.05) is 19.7 Å². The molecule has 2 bridgehead atoms. The Kier molecular flexibility index (Phi) is 4.05. The quantitative estimate of drug-likeness (QED) is 0.777. The highest BCUT2D eigenvalue weighted by molar-refractivity contribution is 5.90. The fourth-order valence-electron chi connectivity index (χ4n) is 6.68. The molecule has 0 amide bonds. The number of benzene rings is 1. The number of aromatic hydroxyl groups is 1. The maximum atomic E-state index is 12.8. The Labute approximate surface area is 170 Å². The monoisotopic (exact) mass is 407 g/mol. The van der Waals surface area contributed by atoms with Gasteiger partial charge in [0.25, 0.3) is 0 Å². The summed E-state index contributed by atoms with van der Waals surface area (Å²) in [6, 6.07) is 3.57. The number of phenols is 1. The minimum Gasteiger partial charge on any atom is -0.504 e. The minimum absolute atomic E-state index is 0. The molecule has 3 fully saturated rings. The van der Waals surface area contributed by atoms with E-state index in [0.717, 1.165) is 50.1 Å². The zero-order valence-corrected chi connectivity index (χ0v) is 16.5. The van der Waals surface area contributed by atoms with E-state index in [4.69, 9.17) is 9.47 Å². The Balaban J connectivity index is 0.00000171. The van der Waals surface area contributed by atoms with Gasteiger partial charge in [-0.3, -0.25) is 9.69 Å². The van der Waals surface area contributed by atoms with Crippen LogP contribution < -0.4 is 4.74 Å². The van der Waals surface area contributed by atoms with Crippen molar-refractivity contribution in [3.05, 3.63) is 23.3 Å². The van der Waals surface area contributed by atoms with Gasteiger partial charge in [0.2, 0.25) is 0 Å². The van der Waals surface area contributed by atoms with E-state index in [1.165, 1.54) is 0 Å². The van der Waals surface area contributed by atoms with Crippen molar-refractivity contribution in [1.29, 1.82) is 0 Å². The first-order chi connectivity index (χ1) is 13.0. The van der Waals surface area contributed by atoms with E-state index < -0.39 is 17.1 Å². The first-order valence-corrected chi connectivity index (χ1v) is 10.2. The molecule has 6 nitrogen and oxygen atoms in total. The molecule has 3 heterocycles. The number of hydrogen-bond donors (Lipinski definition) is 2. The molecule has 28 heavy (non-hydrogen) atoms. The molecule has 2 N–H and O–H groups in total. The number of likely N-dealkylation sites (tertiary alicyclic amines) is 1. The molecule has 1 aromatic carbocycles.